The molecule has 5 rings (SSSR count). The Labute approximate surface area is 213 Å². The zero-order valence-electron chi connectivity index (χ0n) is 23.1. The van der Waals surface area contributed by atoms with Gasteiger partial charge in [0.15, 0.2) is 0 Å². The van der Waals surface area contributed by atoms with Crippen LogP contribution in [-0.4, -0.2) is 0 Å². The molecule has 0 spiro atoms. The van der Waals surface area contributed by atoms with Gasteiger partial charge in [-0.3, -0.25) is 0 Å². The molecule has 3 aromatic rings. The highest BCUT2D eigenvalue weighted by Gasteiger charge is 2.39. The van der Waals surface area contributed by atoms with E-state index in [-0.39, 0.29) is 21.7 Å². The highest BCUT2D eigenvalue weighted by molar-refractivity contribution is 5.74. The molecule has 0 saturated heterocycles. The third-order valence-corrected chi connectivity index (χ3v) is 9.17. The van der Waals surface area contributed by atoms with E-state index >= 15 is 0 Å². The van der Waals surface area contributed by atoms with Gasteiger partial charge in [0.2, 0.25) is 0 Å². The topological polar surface area (TPSA) is 12.0 Å². The Kier molecular flexibility index (Phi) is 5.51. The third-order valence-electron chi connectivity index (χ3n) is 9.17. The van der Waals surface area contributed by atoms with Gasteiger partial charge < -0.3 is 5.32 Å². The SMILES string of the molecule is CC1(C)CCC(C)(C)c2cc(-c3cccc(Nc4cccc5c4C(C)(C)CCC5(C)C)c3)ccc21. The van der Waals surface area contributed by atoms with Gasteiger partial charge in [-0.05, 0) is 98.9 Å². The molecule has 0 amide bonds. The molecule has 2 aliphatic rings. The number of hydrogen-bond acceptors (Lipinski definition) is 1. The second-order valence-electron chi connectivity index (χ2n) is 13.7. The van der Waals surface area contributed by atoms with Crippen molar-refractivity contribution in [2.24, 2.45) is 0 Å². The largest absolute Gasteiger partial charge is 0.355 e. The van der Waals surface area contributed by atoms with Crippen molar-refractivity contribution in [3.05, 3.63) is 82.9 Å². The lowest BCUT2D eigenvalue weighted by Gasteiger charge is -2.43. The summed E-state index contributed by atoms with van der Waals surface area (Å²) in [5.74, 6) is 0. The lowest BCUT2D eigenvalue weighted by atomic mass is 9.62. The van der Waals surface area contributed by atoms with Gasteiger partial charge in [-0.2, -0.15) is 0 Å². The Morgan fingerprint density at radius 2 is 1.09 bits per heavy atom. The first kappa shape index (κ1) is 24.2. The van der Waals surface area contributed by atoms with Gasteiger partial charge in [-0.15, -0.1) is 0 Å². The van der Waals surface area contributed by atoms with E-state index < -0.39 is 0 Å². The quantitative estimate of drug-likeness (QED) is 0.406. The molecule has 2 aliphatic carbocycles. The first-order chi connectivity index (χ1) is 16.3. The molecule has 184 valence electrons. The molecular formula is C34H43N. The van der Waals surface area contributed by atoms with Gasteiger partial charge in [0.25, 0.3) is 0 Å². The van der Waals surface area contributed by atoms with Crippen molar-refractivity contribution in [2.75, 3.05) is 5.32 Å². The van der Waals surface area contributed by atoms with E-state index in [2.05, 4.69) is 121 Å². The van der Waals surface area contributed by atoms with Crippen molar-refractivity contribution in [2.45, 2.75) is 103 Å². The molecule has 3 aromatic carbocycles. The second-order valence-corrected chi connectivity index (χ2v) is 13.7. The van der Waals surface area contributed by atoms with Crippen LogP contribution in [-0.2, 0) is 21.7 Å². The molecule has 0 radical (unpaired) electrons. The van der Waals surface area contributed by atoms with Crippen molar-refractivity contribution in [1.29, 1.82) is 0 Å². The molecule has 0 bridgehead atoms. The van der Waals surface area contributed by atoms with Crippen LogP contribution >= 0.6 is 0 Å². The Balaban J connectivity index is 1.53. The number of hydrogen-bond donors (Lipinski definition) is 1. The van der Waals surface area contributed by atoms with E-state index in [1.165, 1.54) is 64.8 Å². The van der Waals surface area contributed by atoms with Gasteiger partial charge in [-0.1, -0.05) is 97.9 Å². The van der Waals surface area contributed by atoms with Crippen LogP contribution in [0.4, 0.5) is 11.4 Å². The minimum atomic E-state index is 0.170. The minimum absolute atomic E-state index is 0.170. The summed E-state index contributed by atoms with van der Waals surface area (Å²) < 4.78 is 0. The van der Waals surface area contributed by atoms with Crippen molar-refractivity contribution < 1.29 is 0 Å². The zero-order valence-corrected chi connectivity index (χ0v) is 23.1. The van der Waals surface area contributed by atoms with Crippen molar-refractivity contribution in [1.82, 2.24) is 0 Å². The van der Waals surface area contributed by atoms with Crippen LogP contribution in [0.2, 0.25) is 0 Å². The van der Waals surface area contributed by atoms with Crippen molar-refractivity contribution in [3.8, 4) is 11.1 Å². The van der Waals surface area contributed by atoms with E-state index in [1.54, 1.807) is 0 Å². The summed E-state index contributed by atoms with van der Waals surface area (Å²) >= 11 is 0. The van der Waals surface area contributed by atoms with Crippen LogP contribution < -0.4 is 5.32 Å². The normalized spacial score (nSPS) is 21.0. The summed E-state index contributed by atoms with van der Waals surface area (Å²) in [6.07, 6.45) is 4.94. The molecule has 0 aliphatic heterocycles. The third kappa shape index (κ3) is 4.22. The summed E-state index contributed by atoms with van der Waals surface area (Å²) in [6, 6.07) is 23.0. The summed E-state index contributed by atoms with van der Waals surface area (Å²) in [6.45, 7) is 19.2. The lowest BCUT2D eigenvalue weighted by molar-refractivity contribution is 0.332. The number of nitrogens with one attached hydrogen (secondary N) is 1. The van der Waals surface area contributed by atoms with Crippen LogP contribution in [0.1, 0.15) is 103 Å². The van der Waals surface area contributed by atoms with Crippen LogP contribution in [0.15, 0.2) is 60.7 Å². The summed E-state index contributed by atoms with van der Waals surface area (Å²) in [5, 5.41) is 3.83. The monoisotopic (exact) mass is 465 g/mol. The van der Waals surface area contributed by atoms with Gasteiger partial charge in [0, 0.05) is 11.4 Å². The first-order valence-corrected chi connectivity index (χ1v) is 13.5. The molecule has 0 saturated carbocycles. The number of anilines is 2. The highest BCUT2D eigenvalue weighted by Crippen LogP contribution is 2.49. The standard InChI is InChI=1S/C34H43N/c1-31(2)17-18-33(5,6)28-22-24(15-16-26(28)31)23-11-9-12-25(21-23)35-29-14-10-13-27-30(29)34(7,8)20-19-32(27,3)4/h9-16,21-22,35H,17-20H2,1-8H3. The van der Waals surface area contributed by atoms with E-state index in [0.717, 1.165) is 5.69 Å². The molecule has 0 atom stereocenters. The maximum Gasteiger partial charge on any atom is 0.0425 e. The molecule has 1 N–H and O–H groups in total. The van der Waals surface area contributed by atoms with Gasteiger partial charge >= 0.3 is 0 Å². The lowest BCUT2D eigenvalue weighted by Crippen LogP contribution is -2.34. The smallest absolute Gasteiger partial charge is 0.0425 e. The number of benzene rings is 3. The van der Waals surface area contributed by atoms with Crippen molar-refractivity contribution >= 4 is 11.4 Å². The summed E-state index contributed by atoms with van der Waals surface area (Å²) in [5.41, 5.74) is 11.9. The molecule has 0 unspecified atom stereocenters. The van der Waals surface area contributed by atoms with E-state index in [4.69, 9.17) is 0 Å². The molecule has 1 heteroatoms. The Hall–Kier alpha value is -2.54. The Morgan fingerprint density at radius 1 is 0.514 bits per heavy atom. The van der Waals surface area contributed by atoms with Crippen LogP contribution in [0.25, 0.3) is 11.1 Å². The summed E-state index contributed by atoms with van der Waals surface area (Å²) in [4.78, 5) is 0. The van der Waals surface area contributed by atoms with Gasteiger partial charge in [0.05, 0.1) is 0 Å². The average molecular weight is 466 g/mol. The van der Waals surface area contributed by atoms with Crippen LogP contribution in [0.3, 0.4) is 0 Å². The fraction of sp³-hybridized carbons (Fsp3) is 0.471. The fourth-order valence-corrected chi connectivity index (χ4v) is 6.53. The molecule has 0 fully saturated rings. The number of fused-ring (bicyclic) bond motifs is 2. The highest BCUT2D eigenvalue weighted by atomic mass is 14.9. The average Bonchev–Trinajstić information content (AvgIpc) is 2.80. The van der Waals surface area contributed by atoms with E-state index in [0.29, 0.717) is 0 Å². The zero-order chi connectivity index (χ0) is 25.2. The maximum absolute atomic E-state index is 3.83. The van der Waals surface area contributed by atoms with Gasteiger partial charge in [-0.25, -0.2) is 0 Å². The minimum Gasteiger partial charge on any atom is -0.355 e. The number of rotatable bonds is 3. The molecule has 35 heavy (non-hydrogen) atoms. The Bertz CT molecular complexity index is 1270. The van der Waals surface area contributed by atoms with Crippen LogP contribution in [0, 0.1) is 0 Å². The van der Waals surface area contributed by atoms with Crippen LogP contribution in [0.5, 0.6) is 0 Å². The van der Waals surface area contributed by atoms with Crippen molar-refractivity contribution in [3.63, 3.8) is 0 Å². The predicted octanol–water partition coefficient (Wildman–Crippen LogP) is 9.80. The molecule has 1 nitrogen and oxygen atoms in total. The maximum atomic E-state index is 3.83. The van der Waals surface area contributed by atoms with E-state index in [1.807, 2.05) is 0 Å². The Morgan fingerprint density at radius 3 is 1.80 bits per heavy atom. The van der Waals surface area contributed by atoms with Gasteiger partial charge in [0.1, 0.15) is 0 Å². The fourth-order valence-electron chi connectivity index (χ4n) is 6.53. The first-order valence-electron chi connectivity index (χ1n) is 13.5. The summed E-state index contributed by atoms with van der Waals surface area (Å²) in [7, 11) is 0. The molecular weight excluding hydrogens is 422 g/mol. The second kappa shape index (κ2) is 7.99. The predicted molar refractivity (Wildman–Crippen MR) is 152 cm³/mol. The van der Waals surface area contributed by atoms with E-state index in [9.17, 15) is 0 Å². The molecule has 0 aromatic heterocycles. The molecule has 0 heterocycles.